The van der Waals surface area contributed by atoms with E-state index in [1.807, 2.05) is 0 Å². The highest BCUT2D eigenvalue weighted by atomic mass is 16.7. The summed E-state index contributed by atoms with van der Waals surface area (Å²) in [6.45, 7) is 5.37. The van der Waals surface area contributed by atoms with Crippen LogP contribution in [-0.4, -0.2) is 50.0 Å². The van der Waals surface area contributed by atoms with Gasteiger partial charge in [-0.3, -0.25) is 0 Å². The highest BCUT2D eigenvalue weighted by Crippen LogP contribution is 2.06. The molecule has 0 aromatic carbocycles. The Morgan fingerprint density at radius 3 is 2.50 bits per heavy atom. The van der Waals surface area contributed by atoms with Gasteiger partial charge in [-0.1, -0.05) is 0 Å². The zero-order valence-corrected chi connectivity index (χ0v) is 10.3. The number of hydrogen-bond donors (Lipinski definition) is 2. The fourth-order valence-corrected chi connectivity index (χ4v) is 0.888. The standard InChI is InChI=1S/C10H21NO5/c1-10(2,3)16-9(13)11-8(5-12)6-15-7-14-4/h8,12H,5-7H2,1-4H3,(H,11,13)/t8-/m1/s1. The van der Waals surface area contributed by atoms with Crippen LogP contribution in [0.2, 0.25) is 0 Å². The fraction of sp³-hybridized carbons (Fsp3) is 0.900. The summed E-state index contributed by atoms with van der Waals surface area (Å²) in [6.07, 6.45) is -0.576. The monoisotopic (exact) mass is 235 g/mol. The van der Waals surface area contributed by atoms with Gasteiger partial charge in [-0.15, -0.1) is 0 Å². The zero-order chi connectivity index (χ0) is 12.6. The van der Waals surface area contributed by atoms with Crippen LogP contribution < -0.4 is 5.32 Å². The molecule has 2 N–H and O–H groups in total. The second kappa shape index (κ2) is 7.43. The van der Waals surface area contributed by atoms with E-state index in [9.17, 15) is 4.79 Å². The molecule has 0 aliphatic heterocycles. The number of alkyl carbamates (subject to hydrolysis) is 1. The first-order valence-electron chi connectivity index (χ1n) is 5.06. The average molecular weight is 235 g/mol. The first-order valence-corrected chi connectivity index (χ1v) is 5.06. The van der Waals surface area contributed by atoms with Crippen molar-refractivity contribution in [3.05, 3.63) is 0 Å². The number of nitrogens with one attached hydrogen (secondary N) is 1. The van der Waals surface area contributed by atoms with E-state index < -0.39 is 17.7 Å². The van der Waals surface area contributed by atoms with Crippen LogP contribution in [0.1, 0.15) is 20.8 Å². The lowest BCUT2D eigenvalue weighted by Gasteiger charge is -2.22. The van der Waals surface area contributed by atoms with Crippen molar-refractivity contribution in [2.75, 3.05) is 27.1 Å². The average Bonchev–Trinajstić information content (AvgIpc) is 2.13. The number of amides is 1. The molecule has 0 radical (unpaired) electrons. The normalized spacial score (nSPS) is 13.3. The van der Waals surface area contributed by atoms with Gasteiger partial charge < -0.3 is 24.6 Å². The topological polar surface area (TPSA) is 77.0 Å². The van der Waals surface area contributed by atoms with Gasteiger partial charge in [0.05, 0.1) is 19.3 Å². The molecule has 16 heavy (non-hydrogen) atoms. The predicted octanol–water partition coefficient (Wildman–Crippen LogP) is 0.493. The van der Waals surface area contributed by atoms with Crippen LogP contribution in [0.25, 0.3) is 0 Å². The number of aliphatic hydroxyl groups excluding tert-OH is 1. The minimum absolute atomic E-state index is 0.118. The molecule has 0 heterocycles. The number of methoxy groups -OCH3 is 1. The lowest BCUT2D eigenvalue weighted by molar-refractivity contribution is -0.0432. The van der Waals surface area contributed by atoms with E-state index >= 15 is 0 Å². The van der Waals surface area contributed by atoms with Gasteiger partial charge in [0.25, 0.3) is 0 Å². The molecular formula is C10H21NO5. The number of carbonyl (C=O) groups is 1. The first-order chi connectivity index (χ1) is 7.39. The van der Waals surface area contributed by atoms with E-state index in [0.717, 1.165) is 0 Å². The van der Waals surface area contributed by atoms with Crippen molar-refractivity contribution in [3.63, 3.8) is 0 Å². The van der Waals surface area contributed by atoms with Crippen LogP contribution in [0.5, 0.6) is 0 Å². The van der Waals surface area contributed by atoms with Gasteiger partial charge in [-0.05, 0) is 20.8 Å². The maximum Gasteiger partial charge on any atom is 0.408 e. The second-order valence-corrected chi connectivity index (χ2v) is 4.30. The van der Waals surface area contributed by atoms with Gasteiger partial charge in [-0.25, -0.2) is 4.79 Å². The summed E-state index contributed by atoms with van der Waals surface area (Å²) in [5, 5.41) is 11.5. The summed E-state index contributed by atoms with van der Waals surface area (Å²) < 4.78 is 14.7. The van der Waals surface area contributed by atoms with Crippen molar-refractivity contribution in [1.82, 2.24) is 5.32 Å². The molecule has 6 nitrogen and oxygen atoms in total. The molecule has 1 amide bonds. The van der Waals surface area contributed by atoms with E-state index in [1.54, 1.807) is 20.8 Å². The van der Waals surface area contributed by atoms with E-state index in [4.69, 9.17) is 14.6 Å². The Kier molecular flexibility index (Phi) is 7.03. The molecular weight excluding hydrogens is 214 g/mol. The summed E-state index contributed by atoms with van der Waals surface area (Å²) in [5.74, 6) is 0. The number of rotatable bonds is 6. The molecule has 1 atom stereocenters. The summed E-state index contributed by atoms with van der Waals surface area (Å²) in [4.78, 5) is 11.3. The van der Waals surface area contributed by atoms with Crippen LogP contribution in [0.15, 0.2) is 0 Å². The molecule has 96 valence electrons. The highest BCUT2D eigenvalue weighted by molar-refractivity contribution is 5.68. The number of ether oxygens (including phenoxy) is 3. The molecule has 0 aromatic heterocycles. The molecule has 0 saturated carbocycles. The van der Waals surface area contributed by atoms with Crippen molar-refractivity contribution in [1.29, 1.82) is 0 Å². The Balaban J connectivity index is 3.88. The third-order valence-corrected chi connectivity index (χ3v) is 1.46. The summed E-state index contributed by atoms with van der Waals surface area (Å²) in [6, 6.07) is -0.495. The van der Waals surface area contributed by atoms with Crippen LogP contribution in [-0.2, 0) is 14.2 Å². The Morgan fingerprint density at radius 2 is 2.06 bits per heavy atom. The van der Waals surface area contributed by atoms with Gasteiger partial charge >= 0.3 is 6.09 Å². The first kappa shape index (κ1) is 15.2. The molecule has 0 aliphatic carbocycles. The Morgan fingerprint density at radius 1 is 1.44 bits per heavy atom. The maximum atomic E-state index is 11.3. The van der Waals surface area contributed by atoms with Crippen molar-refractivity contribution in [2.24, 2.45) is 0 Å². The number of aliphatic hydroxyl groups is 1. The maximum absolute atomic E-state index is 11.3. The summed E-state index contributed by atoms with van der Waals surface area (Å²) in [5.41, 5.74) is -0.558. The highest BCUT2D eigenvalue weighted by Gasteiger charge is 2.19. The minimum Gasteiger partial charge on any atom is -0.444 e. The SMILES string of the molecule is COCOC[C@@H](CO)NC(=O)OC(C)(C)C. The van der Waals surface area contributed by atoms with Crippen molar-refractivity contribution < 1.29 is 24.1 Å². The fourth-order valence-electron chi connectivity index (χ4n) is 0.888. The molecule has 0 rings (SSSR count). The molecule has 0 unspecified atom stereocenters. The summed E-state index contributed by atoms with van der Waals surface area (Å²) >= 11 is 0. The van der Waals surface area contributed by atoms with Crippen molar-refractivity contribution in [2.45, 2.75) is 32.4 Å². The molecule has 0 spiro atoms. The lowest BCUT2D eigenvalue weighted by Crippen LogP contribution is -2.43. The van der Waals surface area contributed by atoms with Crippen LogP contribution in [0.3, 0.4) is 0 Å². The second-order valence-electron chi connectivity index (χ2n) is 4.30. The smallest absolute Gasteiger partial charge is 0.408 e. The third kappa shape index (κ3) is 8.46. The van der Waals surface area contributed by atoms with Gasteiger partial charge in [0.1, 0.15) is 12.4 Å². The largest absolute Gasteiger partial charge is 0.444 e. The van der Waals surface area contributed by atoms with Gasteiger partial charge in [0, 0.05) is 7.11 Å². The third-order valence-electron chi connectivity index (χ3n) is 1.46. The quantitative estimate of drug-likeness (QED) is 0.517. The van der Waals surface area contributed by atoms with Gasteiger partial charge in [-0.2, -0.15) is 0 Å². The lowest BCUT2D eigenvalue weighted by atomic mass is 10.2. The van der Waals surface area contributed by atoms with Crippen molar-refractivity contribution >= 4 is 6.09 Å². The molecule has 6 heteroatoms. The van der Waals surface area contributed by atoms with E-state index in [1.165, 1.54) is 7.11 Å². The van der Waals surface area contributed by atoms with Gasteiger partial charge in [0.15, 0.2) is 0 Å². The molecule has 0 fully saturated rings. The molecule has 0 aromatic rings. The summed E-state index contributed by atoms with van der Waals surface area (Å²) in [7, 11) is 1.50. The molecule has 0 saturated heterocycles. The van der Waals surface area contributed by atoms with E-state index in [0.29, 0.717) is 0 Å². The molecule has 0 bridgehead atoms. The zero-order valence-electron chi connectivity index (χ0n) is 10.3. The minimum atomic E-state index is -0.576. The van der Waals surface area contributed by atoms with Gasteiger partial charge in [0.2, 0.25) is 0 Å². The molecule has 0 aliphatic rings. The van der Waals surface area contributed by atoms with Crippen molar-refractivity contribution in [3.8, 4) is 0 Å². The Bertz CT molecular complexity index is 202. The number of carbonyl (C=O) groups excluding carboxylic acids is 1. The van der Waals surface area contributed by atoms with Crippen LogP contribution in [0.4, 0.5) is 4.79 Å². The van der Waals surface area contributed by atoms with Crippen LogP contribution >= 0.6 is 0 Å². The van der Waals surface area contributed by atoms with E-state index in [2.05, 4.69) is 10.1 Å². The number of hydrogen-bond acceptors (Lipinski definition) is 5. The van der Waals surface area contributed by atoms with E-state index in [-0.39, 0.29) is 20.0 Å². The predicted molar refractivity (Wildman–Crippen MR) is 58.1 cm³/mol. The van der Waals surface area contributed by atoms with Crippen LogP contribution in [0, 0.1) is 0 Å². The Labute approximate surface area is 95.9 Å². The Hall–Kier alpha value is -0.850.